The van der Waals surface area contributed by atoms with Gasteiger partial charge in [0.15, 0.2) is 0 Å². The second kappa shape index (κ2) is 15.8. The fourth-order valence-corrected chi connectivity index (χ4v) is 10.6. The van der Waals surface area contributed by atoms with Crippen molar-refractivity contribution in [3.8, 4) is 11.1 Å². The van der Waals surface area contributed by atoms with Crippen LogP contribution in [0.25, 0.3) is 32.7 Å². The normalized spacial score (nSPS) is 13.8. The molecule has 0 nitrogen and oxygen atoms in total. The SMILES string of the molecule is CC(C)(C)c1ccc(B(c2ccc(C(C)(C)C)cc2)c2ccc3c(c2)C(C)(C)c2cccc4c2c-3cc2ccc(B(c3ccc(C(C)(C)C)cc3)c3ccc(C(C)(C)C)cc3)cc24)cc1. The van der Waals surface area contributed by atoms with Gasteiger partial charge in [0.05, 0.1) is 0 Å². The second-order valence-electron chi connectivity index (χ2n) is 23.9. The molecule has 8 aromatic carbocycles. The van der Waals surface area contributed by atoms with Crippen molar-refractivity contribution >= 4 is 67.7 Å². The van der Waals surface area contributed by atoms with Crippen LogP contribution in [0.5, 0.6) is 0 Å². The Balaban J connectivity index is 1.19. The van der Waals surface area contributed by atoms with E-state index >= 15 is 0 Å². The Hall–Kier alpha value is -5.59. The van der Waals surface area contributed by atoms with E-state index in [1.165, 1.54) is 98.8 Å². The highest BCUT2D eigenvalue weighted by molar-refractivity contribution is 6.96. The average Bonchev–Trinajstić information content (AvgIpc) is 3.25. The third-order valence-corrected chi connectivity index (χ3v) is 14.8. The molecule has 0 aliphatic heterocycles. The molecule has 0 saturated carbocycles. The lowest BCUT2D eigenvalue weighted by Gasteiger charge is -2.36. The zero-order valence-corrected chi connectivity index (χ0v) is 41.7. The molecular formula is C63H68B2. The highest BCUT2D eigenvalue weighted by atomic mass is 14.4. The van der Waals surface area contributed by atoms with Crippen molar-refractivity contribution in [1.29, 1.82) is 0 Å². The molecule has 9 rings (SSSR count). The summed E-state index contributed by atoms with van der Waals surface area (Å²) in [6, 6.07) is 61.9. The quantitative estimate of drug-likeness (QED) is 0.116. The monoisotopic (exact) mass is 847 g/mol. The van der Waals surface area contributed by atoms with E-state index < -0.39 is 0 Å². The molecule has 0 unspecified atom stereocenters. The largest absolute Gasteiger partial charge is 0.241 e. The molecule has 0 bridgehead atoms. The number of fused-ring (bicyclic) bond motifs is 4. The van der Waals surface area contributed by atoms with Crippen LogP contribution in [0.3, 0.4) is 0 Å². The smallest absolute Gasteiger partial charge is 0.0686 e. The van der Waals surface area contributed by atoms with E-state index in [-0.39, 0.29) is 40.5 Å². The lowest BCUT2D eigenvalue weighted by atomic mass is 9.36. The Bertz CT molecular complexity index is 2930. The lowest BCUT2D eigenvalue weighted by Crippen LogP contribution is -2.52. The van der Waals surface area contributed by atoms with Gasteiger partial charge in [-0.3, -0.25) is 0 Å². The molecule has 0 heterocycles. The van der Waals surface area contributed by atoms with Gasteiger partial charge < -0.3 is 0 Å². The topological polar surface area (TPSA) is 0 Å². The number of hydrogen-bond donors (Lipinski definition) is 0. The molecule has 2 heteroatoms. The molecule has 0 saturated heterocycles. The van der Waals surface area contributed by atoms with Gasteiger partial charge in [0.2, 0.25) is 13.4 Å². The summed E-state index contributed by atoms with van der Waals surface area (Å²) in [6.07, 6.45) is 0. The van der Waals surface area contributed by atoms with Gasteiger partial charge >= 0.3 is 0 Å². The van der Waals surface area contributed by atoms with Crippen LogP contribution >= 0.6 is 0 Å². The minimum absolute atomic E-state index is 0.0941. The summed E-state index contributed by atoms with van der Waals surface area (Å²) in [7, 11) is 0. The molecule has 0 amide bonds. The van der Waals surface area contributed by atoms with Gasteiger partial charge in [-0.1, -0.05) is 281 Å². The minimum Gasteiger partial charge on any atom is -0.0686 e. The van der Waals surface area contributed by atoms with Gasteiger partial charge in [0.25, 0.3) is 0 Å². The van der Waals surface area contributed by atoms with E-state index in [0.717, 1.165) is 0 Å². The van der Waals surface area contributed by atoms with Crippen LogP contribution in [0.4, 0.5) is 0 Å². The second-order valence-corrected chi connectivity index (χ2v) is 23.9. The van der Waals surface area contributed by atoms with Crippen molar-refractivity contribution in [3.63, 3.8) is 0 Å². The summed E-state index contributed by atoms with van der Waals surface area (Å²) in [5, 5.41) is 5.32. The van der Waals surface area contributed by atoms with E-state index in [1.54, 1.807) is 0 Å². The Kier molecular flexibility index (Phi) is 10.8. The molecular weight excluding hydrogens is 778 g/mol. The van der Waals surface area contributed by atoms with Crippen molar-refractivity contribution in [1.82, 2.24) is 0 Å². The molecule has 0 fully saturated rings. The Labute approximate surface area is 392 Å². The maximum atomic E-state index is 2.55. The summed E-state index contributed by atoms with van der Waals surface area (Å²) in [4.78, 5) is 0. The number of rotatable bonds is 6. The van der Waals surface area contributed by atoms with Gasteiger partial charge in [-0.15, -0.1) is 0 Å². The van der Waals surface area contributed by atoms with Gasteiger partial charge in [0, 0.05) is 5.41 Å². The van der Waals surface area contributed by atoms with E-state index in [9.17, 15) is 0 Å². The Morgan fingerprint density at radius 1 is 0.323 bits per heavy atom. The van der Waals surface area contributed by atoms with Crippen LogP contribution in [-0.2, 0) is 27.1 Å². The number of hydrogen-bond acceptors (Lipinski definition) is 0. The van der Waals surface area contributed by atoms with Crippen LogP contribution in [0, 0.1) is 0 Å². The summed E-state index contributed by atoms with van der Waals surface area (Å²) >= 11 is 0. The molecule has 0 aromatic heterocycles. The summed E-state index contributed by atoms with van der Waals surface area (Å²) in [5.74, 6) is 0. The minimum atomic E-state index is -0.216. The Morgan fingerprint density at radius 2 is 0.692 bits per heavy atom. The van der Waals surface area contributed by atoms with E-state index in [2.05, 4.69) is 255 Å². The first-order chi connectivity index (χ1) is 30.5. The first kappa shape index (κ1) is 44.6. The molecule has 8 aromatic rings. The highest BCUT2D eigenvalue weighted by Crippen LogP contribution is 2.50. The maximum absolute atomic E-state index is 2.55. The zero-order chi connectivity index (χ0) is 46.4. The predicted molar refractivity (Wildman–Crippen MR) is 289 cm³/mol. The van der Waals surface area contributed by atoms with Crippen LogP contribution in [0.2, 0.25) is 0 Å². The van der Waals surface area contributed by atoms with E-state index in [4.69, 9.17) is 0 Å². The molecule has 0 spiro atoms. The van der Waals surface area contributed by atoms with Gasteiger partial charge in [0.1, 0.15) is 0 Å². The van der Waals surface area contributed by atoms with Crippen molar-refractivity contribution in [2.45, 2.75) is 124 Å². The van der Waals surface area contributed by atoms with Gasteiger partial charge in [-0.2, -0.15) is 0 Å². The van der Waals surface area contributed by atoms with Gasteiger partial charge in [-0.05, 0) is 93.8 Å². The van der Waals surface area contributed by atoms with Crippen molar-refractivity contribution in [2.75, 3.05) is 0 Å². The highest BCUT2D eigenvalue weighted by Gasteiger charge is 2.36. The fraction of sp³-hybridized carbons (Fsp3) is 0.302. The molecule has 0 N–H and O–H groups in total. The molecule has 0 radical (unpaired) electrons. The summed E-state index contributed by atoms with van der Waals surface area (Å²) in [6.45, 7) is 32.7. The first-order valence-electron chi connectivity index (χ1n) is 24.1. The maximum Gasteiger partial charge on any atom is 0.241 e. The first-order valence-corrected chi connectivity index (χ1v) is 24.1. The third kappa shape index (κ3) is 8.22. The molecule has 326 valence electrons. The van der Waals surface area contributed by atoms with Crippen LogP contribution in [-0.4, -0.2) is 13.4 Å². The molecule has 0 atom stereocenters. The standard InChI is InChI=1S/C63H68B2/c1-59(2,3)42-19-28-46(29-20-42)64(47-30-21-43(22-31-47)60(4,5)6)50-27-18-41-38-55-52-37-36-51(40-57(52)63(13,14)56-17-15-16-53(58(55)56)54(41)39-50)65(48-32-23-44(24-33-48)61(7,8)9)49-34-25-45(26-35-49)62(10,11)12/h15-40H,1-14H3. The number of benzene rings is 8. The Morgan fingerprint density at radius 3 is 1.09 bits per heavy atom. The summed E-state index contributed by atoms with van der Waals surface area (Å²) in [5.41, 5.74) is 19.0. The molecule has 1 aliphatic carbocycles. The van der Waals surface area contributed by atoms with Crippen molar-refractivity contribution in [3.05, 3.63) is 191 Å². The van der Waals surface area contributed by atoms with E-state index in [1.807, 2.05) is 0 Å². The third-order valence-electron chi connectivity index (χ3n) is 14.8. The van der Waals surface area contributed by atoms with Crippen LogP contribution in [0.15, 0.2) is 158 Å². The predicted octanol–water partition coefficient (Wildman–Crippen LogP) is 12.5. The van der Waals surface area contributed by atoms with Gasteiger partial charge in [-0.25, -0.2) is 0 Å². The average molecular weight is 847 g/mol. The van der Waals surface area contributed by atoms with E-state index in [0.29, 0.717) is 0 Å². The fourth-order valence-electron chi connectivity index (χ4n) is 10.6. The zero-order valence-electron chi connectivity index (χ0n) is 41.7. The van der Waals surface area contributed by atoms with Crippen LogP contribution in [0.1, 0.15) is 130 Å². The van der Waals surface area contributed by atoms with Crippen molar-refractivity contribution < 1.29 is 0 Å². The molecule has 65 heavy (non-hydrogen) atoms. The molecule has 1 aliphatic rings. The van der Waals surface area contributed by atoms with Crippen molar-refractivity contribution in [2.24, 2.45) is 0 Å². The lowest BCUT2D eigenvalue weighted by molar-refractivity contribution is 0.590. The summed E-state index contributed by atoms with van der Waals surface area (Å²) < 4.78 is 0. The van der Waals surface area contributed by atoms with Crippen LogP contribution < -0.4 is 32.8 Å².